The minimum Gasteiger partial charge on any atom is -0.326 e. The third-order valence-corrected chi connectivity index (χ3v) is 7.55. The summed E-state index contributed by atoms with van der Waals surface area (Å²) in [7, 11) is 0. The molecule has 0 aliphatic rings. The molecule has 1 unspecified atom stereocenters. The molecule has 0 aliphatic carbocycles. The molecule has 0 aromatic carbocycles. The first-order valence-electron chi connectivity index (χ1n) is 6.23. The minimum atomic E-state index is -1.99. The lowest BCUT2D eigenvalue weighted by molar-refractivity contribution is 0.356. The van der Waals surface area contributed by atoms with Gasteiger partial charge in [0.25, 0.3) is 0 Å². The van der Waals surface area contributed by atoms with Crippen LogP contribution in [0.5, 0.6) is 0 Å². The molecule has 0 saturated carbocycles. The van der Waals surface area contributed by atoms with Crippen molar-refractivity contribution in [2.24, 2.45) is 4.99 Å². The Morgan fingerprint density at radius 2 is 2.12 bits per heavy atom. The highest BCUT2D eigenvalue weighted by atomic mass is 32.9. The standard InChI is InChI=1S/C11H25N2OPS2/c1-5-7-8-12-10-13-15(16,14-9-6-2)17-11(3)4/h10-11H,5-9H2,1-4H3,(H,12,13,16). The first-order valence-corrected chi connectivity index (χ1v) is 10.4. The predicted molar refractivity (Wildman–Crippen MR) is 84.7 cm³/mol. The van der Waals surface area contributed by atoms with Crippen LogP contribution in [0.15, 0.2) is 4.99 Å². The van der Waals surface area contributed by atoms with Crippen molar-refractivity contribution in [3.63, 3.8) is 0 Å². The number of hydrogen-bond acceptors (Lipinski definition) is 4. The van der Waals surface area contributed by atoms with E-state index in [1.807, 2.05) is 0 Å². The molecule has 0 aromatic heterocycles. The van der Waals surface area contributed by atoms with Crippen molar-refractivity contribution < 1.29 is 4.52 Å². The Bertz CT molecular complexity index is 260. The van der Waals surface area contributed by atoms with E-state index in [1.165, 1.54) is 6.42 Å². The van der Waals surface area contributed by atoms with Crippen molar-refractivity contribution in [1.29, 1.82) is 0 Å². The fourth-order valence-electron chi connectivity index (χ4n) is 1.01. The number of nitrogens with one attached hydrogen (secondary N) is 1. The van der Waals surface area contributed by atoms with Crippen LogP contribution in [0.1, 0.15) is 47.0 Å². The molecule has 0 aromatic rings. The van der Waals surface area contributed by atoms with E-state index in [-0.39, 0.29) is 0 Å². The summed E-state index contributed by atoms with van der Waals surface area (Å²) in [6.45, 7) is 10.1. The third kappa shape index (κ3) is 10.1. The number of nitrogens with zero attached hydrogens (tertiary/aromatic N) is 1. The lowest BCUT2D eigenvalue weighted by Gasteiger charge is -2.22. The van der Waals surface area contributed by atoms with Gasteiger partial charge in [-0.1, -0.05) is 45.5 Å². The molecular formula is C11H25N2OPS2. The van der Waals surface area contributed by atoms with Crippen LogP contribution in [0.4, 0.5) is 0 Å². The van der Waals surface area contributed by atoms with Crippen LogP contribution in [-0.4, -0.2) is 24.7 Å². The molecule has 6 heteroatoms. The normalized spacial score (nSPS) is 15.4. The number of aliphatic imine (C=N–C) groups is 1. The molecule has 0 saturated heterocycles. The molecule has 1 N–H and O–H groups in total. The van der Waals surface area contributed by atoms with Crippen molar-refractivity contribution in [3.8, 4) is 0 Å². The zero-order chi connectivity index (χ0) is 13.1. The van der Waals surface area contributed by atoms with Crippen molar-refractivity contribution in [2.75, 3.05) is 13.2 Å². The number of hydrogen-bond donors (Lipinski definition) is 1. The first-order chi connectivity index (χ1) is 8.04. The Morgan fingerprint density at radius 3 is 2.65 bits per heavy atom. The van der Waals surface area contributed by atoms with Gasteiger partial charge in [0.05, 0.1) is 12.9 Å². The molecule has 0 fully saturated rings. The predicted octanol–water partition coefficient (Wildman–Crippen LogP) is 4.20. The minimum absolute atomic E-state index is 0.467. The second-order valence-electron chi connectivity index (χ2n) is 4.00. The molecule has 0 heterocycles. The average Bonchev–Trinajstić information content (AvgIpc) is 2.25. The van der Waals surface area contributed by atoms with Crippen molar-refractivity contribution in [1.82, 2.24) is 5.09 Å². The lowest BCUT2D eigenvalue weighted by atomic mass is 10.3. The van der Waals surface area contributed by atoms with Crippen molar-refractivity contribution in [2.45, 2.75) is 52.2 Å². The molecule has 0 aliphatic heterocycles. The Morgan fingerprint density at radius 1 is 1.41 bits per heavy atom. The maximum Gasteiger partial charge on any atom is 0.211 e. The van der Waals surface area contributed by atoms with Crippen molar-refractivity contribution in [3.05, 3.63) is 0 Å². The highest BCUT2D eigenvalue weighted by Gasteiger charge is 2.18. The SMILES string of the molecule is CCCCN=CNP(=S)(OCCC)SC(C)C. The topological polar surface area (TPSA) is 33.6 Å². The maximum absolute atomic E-state index is 5.78. The van der Waals surface area contributed by atoms with Crippen LogP contribution in [-0.2, 0) is 16.3 Å². The largest absolute Gasteiger partial charge is 0.326 e. The summed E-state index contributed by atoms with van der Waals surface area (Å²) in [6, 6.07) is 0. The number of unbranched alkanes of at least 4 members (excludes halogenated alkanes) is 1. The molecule has 0 spiro atoms. The smallest absolute Gasteiger partial charge is 0.211 e. The van der Waals surface area contributed by atoms with E-state index in [2.05, 4.69) is 37.8 Å². The van der Waals surface area contributed by atoms with Crippen LogP contribution in [0.25, 0.3) is 0 Å². The van der Waals surface area contributed by atoms with Gasteiger partial charge >= 0.3 is 0 Å². The van der Waals surface area contributed by atoms with Gasteiger partial charge in [-0.25, -0.2) is 0 Å². The molecule has 0 amide bonds. The third-order valence-electron chi connectivity index (χ3n) is 1.76. The van der Waals surface area contributed by atoms with E-state index in [9.17, 15) is 0 Å². The molecule has 17 heavy (non-hydrogen) atoms. The van der Waals surface area contributed by atoms with E-state index in [4.69, 9.17) is 16.3 Å². The summed E-state index contributed by atoms with van der Waals surface area (Å²) in [6.07, 6.45) is 5.01. The zero-order valence-electron chi connectivity index (χ0n) is 11.3. The van der Waals surface area contributed by atoms with E-state index >= 15 is 0 Å². The van der Waals surface area contributed by atoms with Gasteiger partial charge in [-0.2, -0.15) is 0 Å². The van der Waals surface area contributed by atoms with Crippen molar-refractivity contribution >= 4 is 35.1 Å². The Hall–Kier alpha value is 0.430. The lowest BCUT2D eigenvalue weighted by Crippen LogP contribution is -2.10. The van der Waals surface area contributed by atoms with E-state index < -0.39 is 5.62 Å². The van der Waals surface area contributed by atoms with Gasteiger partial charge < -0.3 is 9.61 Å². The van der Waals surface area contributed by atoms with E-state index in [0.717, 1.165) is 19.4 Å². The molecule has 102 valence electrons. The average molecular weight is 296 g/mol. The molecule has 0 radical (unpaired) electrons. The summed E-state index contributed by atoms with van der Waals surface area (Å²) in [5, 5.41) is 3.66. The second-order valence-corrected chi connectivity index (χ2v) is 11.1. The Labute approximate surface area is 115 Å². The van der Waals surface area contributed by atoms with Crippen LogP contribution >= 0.6 is 17.0 Å². The highest BCUT2D eigenvalue weighted by molar-refractivity contribution is 8.69. The molecule has 1 atom stereocenters. The molecule has 0 bridgehead atoms. The molecular weight excluding hydrogens is 271 g/mol. The summed E-state index contributed by atoms with van der Waals surface area (Å²) in [5.41, 5.74) is -1.99. The first kappa shape index (κ1) is 17.4. The second kappa shape index (κ2) is 10.4. The summed E-state index contributed by atoms with van der Waals surface area (Å²) in [4.78, 5) is 4.29. The van der Waals surface area contributed by atoms with Gasteiger partial charge in [-0.05, 0) is 24.6 Å². The van der Waals surface area contributed by atoms with Gasteiger partial charge in [0.1, 0.15) is 0 Å². The summed E-state index contributed by atoms with van der Waals surface area (Å²) < 4.78 is 5.78. The highest BCUT2D eigenvalue weighted by Crippen LogP contribution is 2.57. The Kier molecular flexibility index (Phi) is 10.6. The van der Waals surface area contributed by atoms with Gasteiger partial charge in [0.2, 0.25) is 5.62 Å². The van der Waals surface area contributed by atoms with Crippen LogP contribution in [0.3, 0.4) is 0 Å². The molecule has 0 rings (SSSR count). The van der Waals surface area contributed by atoms with Gasteiger partial charge in [0, 0.05) is 11.8 Å². The zero-order valence-corrected chi connectivity index (χ0v) is 13.8. The van der Waals surface area contributed by atoms with Gasteiger partial charge in [-0.3, -0.25) is 4.99 Å². The quantitative estimate of drug-likeness (QED) is 0.283. The van der Waals surface area contributed by atoms with Gasteiger partial charge in [-0.15, -0.1) is 0 Å². The number of rotatable bonds is 10. The van der Waals surface area contributed by atoms with E-state index in [0.29, 0.717) is 11.9 Å². The van der Waals surface area contributed by atoms with Crippen LogP contribution < -0.4 is 5.09 Å². The molecule has 3 nitrogen and oxygen atoms in total. The summed E-state index contributed by atoms with van der Waals surface area (Å²) >= 11 is 7.28. The Balaban J connectivity index is 4.18. The van der Waals surface area contributed by atoms with Crippen LogP contribution in [0, 0.1) is 0 Å². The fraction of sp³-hybridized carbons (Fsp3) is 0.909. The van der Waals surface area contributed by atoms with E-state index in [1.54, 1.807) is 17.7 Å². The maximum atomic E-state index is 5.78. The van der Waals surface area contributed by atoms with Gasteiger partial charge in [0.15, 0.2) is 0 Å². The summed E-state index contributed by atoms with van der Waals surface area (Å²) in [5.74, 6) is 0. The van der Waals surface area contributed by atoms with Crippen LogP contribution in [0.2, 0.25) is 0 Å². The fourth-order valence-corrected chi connectivity index (χ4v) is 6.72. The monoisotopic (exact) mass is 296 g/mol.